The zero-order valence-electron chi connectivity index (χ0n) is 41.5. The highest BCUT2D eigenvalue weighted by molar-refractivity contribution is 7.25. The van der Waals surface area contributed by atoms with Crippen LogP contribution in [0.2, 0.25) is 0 Å². The molecule has 358 valence electrons. The van der Waals surface area contributed by atoms with Crippen LogP contribution in [0.15, 0.2) is 297 Å². The third-order valence-corrected chi connectivity index (χ3v) is 15.9. The molecular weight excluding hydrogens is 939 g/mol. The Balaban J connectivity index is 1.01. The number of nitrogens with zero attached hydrogens (tertiary/aromatic N) is 3. The van der Waals surface area contributed by atoms with E-state index in [1.165, 1.54) is 69.9 Å². The Hall–Kier alpha value is -9.74. The lowest BCUT2D eigenvalue weighted by atomic mass is 9.99. The number of anilines is 6. The van der Waals surface area contributed by atoms with E-state index in [0.29, 0.717) is 0 Å². The van der Waals surface area contributed by atoms with E-state index in [-0.39, 0.29) is 0 Å². The van der Waals surface area contributed by atoms with Crippen LogP contribution in [0.3, 0.4) is 0 Å². The van der Waals surface area contributed by atoms with E-state index in [1.807, 2.05) is 11.3 Å². The van der Waals surface area contributed by atoms with Crippen molar-refractivity contribution in [2.45, 2.75) is 0 Å². The highest BCUT2D eigenvalue weighted by Crippen LogP contribution is 2.46. The number of hydrogen-bond donors (Lipinski definition) is 0. The fourth-order valence-electron chi connectivity index (χ4n) is 11.1. The van der Waals surface area contributed by atoms with E-state index in [0.717, 1.165) is 56.4 Å². The molecule has 0 bridgehead atoms. The molecule has 0 unspecified atom stereocenters. The Morgan fingerprint density at radius 1 is 0.224 bits per heavy atom. The lowest BCUT2D eigenvalue weighted by Crippen LogP contribution is -2.14. The molecule has 4 heteroatoms. The summed E-state index contributed by atoms with van der Waals surface area (Å²) in [7, 11) is 0. The minimum atomic E-state index is 1.02. The summed E-state index contributed by atoms with van der Waals surface area (Å²) in [6.45, 7) is 0. The van der Waals surface area contributed by atoms with Crippen LogP contribution in [0.25, 0.3) is 92.2 Å². The first-order chi connectivity index (χ1) is 37.7. The van der Waals surface area contributed by atoms with Crippen LogP contribution in [0.1, 0.15) is 0 Å². The summed E-state index contributed by atoms with van der Waals surface area (Å²) in [6, 6.07) is 108. The van der Waals surface area contributed by atoms with Gasteiger partial charge in [0.15, 0.2) is 0 Å². The quantitative estimate of drug-likeness (QED) is 0.128. The molecule has 0 radical (unpaired) electrons. The number of fused-ring (bicyclic) bond motifs is 6. The first-order valence-corrected chi connectivity index (χ1v) is 26.7. The Morgan fingerprint density at radius 3 is 1.11 bits per heavy atom. The molecule has 2 aromatic heterocycles. The van der Waals surface area contributed by atoms with Crippen LogP contribution >= 0.6 is 11.3 Å². The summed E-state index contributed by atoms with van der Waals surface area (Å²) in [4.78, 5) is 4.87. The van der Waals surface area contributed by atoms with Crippen molar-refractivity contribution in [3.05, 3.63) is 297 Å². The standard InChI is InChI=1S/C72H49N3S/c1-4-17-50(18-5-1)53-31-37-58(38-32-53)73(59-41-35-55(36-42-59)57-24-16-23-56(45-57)52-21-8-3-9-22-52)62-46-63(48-64(47-62)75-69-28-13-10-25-65(69)66-26-11-14-29-70(66)75)74(60-39-33-54(34-40-60)51-19-6-2-7-20-51)61-43-44-72-68(49-61)67-27-12-15-30-71(67)76-72/h1-49H. The Bertz CT molecular complexity index is 4320. The number of hydrogen-bond acceptors (Lipinski definition) is 3. The van der Waals surface area contributed by atoms with E-state index in [1.54, 1.807) is 0 Å². The molecule has 0 saturated heterocycles. The van der Waals surface area contributed by atoms with E-state index in [2.05, 4.69) is 312 Å². The van der Waals surface area contributed by atoms with Gasteiger partial charge in [-0.1, -0.05) is 200 Å². The minimum Gasteiger partial charge on any atom is -0.310 e. The lowest BCUT2D eigenvalue weighted by molar-refractivity contribution is 1.16. The Kier molecular flexibility index (Phi) is 11.4. The molecule has 12 aromatic carbocycles. The molecule has 0 atom stereocenters. The Labute approximate surface area is 446 Å². The van der Waals surface area contributed by atoms with Gasteiger partial charge in [-0.15, -0.1) is 11.3 Å². The van der Waals surface area contributed by atoms with Crippen molar-refractivity contribution in [2.75, 3.05) is 9.80 Å². The van der Waals surface area contributed by atoms with Crippen LogP contribution < -0.4 is 9.80 Å². The Morgan fingerprint density at radius 2 is 0.592 bits per heavy atom. The monoisotopic (exact) mass is 987 g/mol. The summed E-state index contributed by atoms with van der Waals surface area (Å²) in [5, 5.41) is 4.95. The van der Waals surface area contributed by atoms with Gasteiger partial charge in [0.1, 0.15) is 0 Å². The second kappa shape index (κ2) is 19.3. The molecule has 0 aliphatic carbocycles. The van der Waals surface area contributed by atoms with Gasteiger partial charge < -0.3 is 14.4 Å². The van der Waals surface area contributed by atoms with E-state index in [4.69, 9.17) is 0 Å². The van der Waals surface area contributed by atoms with Gasteiger partial charge >= 0.3 is 0 Å². The first-order valence-electron chi connectivity index (χ1n) is 25.9. The van der Waals surface area contributed by atoms with Crippen LogP contribution in [0.4, 0.5) is 34.1 Å². The molecule has 0 aliphatic heterocycles. The lowest BCUT2D eigenvalue weighted by Gasteiger charge is -2.31. The van der Waals surface area contributed by atoms with Gasteiger partial charge in [-0.05, 0) is 142 Å². The maximum Gasteiger partial charge on any atom is 0.0541 e. The maximum absolute atomic E-state index is 2.45. The van der Waals surface area contributed by atoms with Gasteiger partial charge in [-0.2, -0.15) is 0 Å². The molecule has 0 aliphatic rings. The van der Waals surface area contributed by atoms with Crippen molar-refractivity contribution in [1.29, 1.82) is 0 Å². The van der Waals surface area contributed by atoms with Crippen LogP contribution in [0, 0.1) is 0 Å². The van der Waals surface area contributed by atoms with E-state index >= 15 is 0 Å². The van der Waals surface area contributed by atoms with Crippen molar-refractivity contribution in [1.82, 2.24) is 4.57 Å². The molecule has 3 nitrogen and oxygen atoms in total. The average Bonchev–Trinajstić information content (AvgIpc) is 4.08. The number of rotatable bonds is 11. The molecule has 0 amide bonds. The highest BCUT2D eigenvalue weighted by Gasteiger charge is 2.23. The highest BCUT2D eigenvalue weighted by atomic mass is 32.1. The van der Waals surface area contributed by atoms with Crippen molar-refractivity contribution in [3.8, 4) is 50.2 Å². The number of thiophene rings is 1. The SMILES string of the molecule is c1ccc(-c2ccc(N(c3ccc(-c4cccc(-c5ccccc5)c4)cc3)c3cc(N(c4ccc(-c5ccccc5)cc4)c4ccc5sc6ccccc6c5c4)cc(-n4c5ccccc5c5ccccc54)c3)cc2)cc1. The normalized spacial score (nSPS) is 11.4. The molecule has 0 fully saturated rings. The molecule has 0 spiro atoms. The smallest absolute Gasteiger partial charge is 0.0541 e. The maximum atomic E-state index is 2.45. The fraction of sp³-hybridized carbons (Fsp3) is 0. The summed E-state index contributed by atoms with van der Waals surface area (Å²) in [5.74, 6) is 0. The molecule has 0 saturated carbocycles. The summed E-state index contributed by atoms with van der Waals surface area (Å²) in [5.41, 5.74) is 19.1. The molecule has 14 rings (SSSR count). The summed E-state index contributed by atoms with van der Waals surface area (Å²) < 4.78 is 5.00. The summed E-state index contributed by atoms with van der Waals surface area (Å²) in [6.07, 6.45) is 0. The third kappa shape index (κ3) is 8.28. The number of aromatic nitrogens is 1. The first kappa shape index (κ1) is 44.9. The average molecular weight is 988 g/mol. The third-order valence-electron chi connectivity index (χ3n) is 14.8. The fourth-order valence-corrected chi connectivity index (χ4v) is 12.2. The van der Waals surface area contributed by atoms with Crippen LogP contribution in [0.5, 0.6) is 0 Å². The molecule has 0 N–H and O–H groups in total. The van der Waals surface area contributed by atoms with Crippen LogP contribution in [-0.2, 0) is 0 Å². The summed E-state index contributed by atoms with van der Waals surface area (Å²) >= 11 is 1.85. The topological polar surface area (TPSA) is 11.4 Å². The molecule has 14 aromatic rings. The zero-order chi connectivity index (χ0) is 50.4. The van der Waals surface area contributed by atoms with Crippen molar-refractivity contribution < 1.29 is 0 Å². The predicted octanol–water partition coefficient (Wildman–Crippen LogP) is 20.8. The van der Waals surface area contributed by atoms with Gasteiger partial charge in [0.2, 0.25) is 0 Å². The van der Waals surface area contributed by atoms with E-state index < -0.39 is 0 Å². The van der Waals surface area contributed by atoms with E-state index in [9.17, 15) is 0 Å². The molecule has 76 heavy (non-hydrogen) atoms. The van der Waals surface area contributed by atoms with Gasteiger partial charge in [-0.3, -0.25) is 0 Å². The van der Waals surface area contributed by atoms with Crippen LogP contribution in [-0.4, -0.2) is 4.57 Å². The van der Waals surface area contributed by atoms with Crippen molar-refractivity contribution in [3.63, 3.8) is 0 Å². The minimum absolute atomic E-state index is 1.02. The van der Waals surface area contributed by atoms with Crippen molar-refractivity contribution >= 4 is 87.4 Å². The largest absolute Gasteiger partial charge is 0.310 e. The van der Waals surface area contributed by atoms with Gasteiger partial charge in [0.25, 0.3) is 0 Å². The number of para-hydroxylation sites is 2. The zero-order valence-corrected chi connectivity index (χ0v) is 42.4. The van der Waals surface area contributed by atoms with Gasteiger partial charge in [0, 0.05) is 53.7 Å². The second-order valence-corrected chi connectivity index (χ2v) is 20.4. The molecular formula is C72H49N3S. The predicted molar refractivity (Wildman–Crippen MR) is 325 cm³/mol. The second-order valence-electron chi connectivity index (χ2n) is 19.3. The van der Waals surface area contributed by atoms with Crippen molar-refractivity contribution in [2.24, 2.45) is 0 Å². The van der Waals surface area contributed by atoms with Gasteiger partial charge in [-0.25, -0.2) is 0 Å². The number of benzene rings is 12. The molecule has 2 heterocycles. The van der Waals surface area contributed by atoms with Gasteiger partial charge in [0.05, 0.1) is 28.1 Å².